The number of ether oxygens (including phenoxy) is 2. The molecule has 2 aromatic heterocycles. The number of nitrogens with zero attached hydrogens (tertiary/aromatic N) is 2. The topological polar surface area (TPSA) is 108 Å². The minimum Gasteiger partial charge on any atom is -0.493 e. The smallest absolute Gasteiger partial charge is 0.261 e. The number of methoxy groups -OCH3 is 2. The predicted octanol–water partition coefficient (Wildman–Crippen LogP) is 7.28. The van der Waals surface area contributed by atoms with Crippen molar-refractivity contribution in [1.82, 2.24) is 9.55 Å². The Morgan fingerprint density at radius 1 is 0.787 bits per heavy atom. The van der Waals surface area contributed by atoms with Gasteiger partial charge in [-0.25, -0.2) is 9.37 Å². The quantitative estimate of drug-likeness (QED) is 0.175. The molecule has 0 aliphatic carbocycles. The van der Waals surface area contributed by atoms with E-state index in [2.05, 4.69) is 10.3 Å². The van der Waals surface area contributed by atoms with E-state index in [-0.39, 0.29) is 5.56 Å². The normalized spacial score (nSPS) is 10.8. The van der Waals surface area contributed by atoms with Crippen molar-refractivity contribution >= 4 is 17.4 Å². The molecule has 0 unspecified atom stereocenters. The van der Waals surface area contributed by atoms with Crippen molar-refractivity contribution in [3.63, 3.8) is 0 Å². The Bertz CT molecular complexity index is 2110. The van der Waals surface area contributed by atoms with Crippen LogP contribution in [0.3, 0.4) is 0 Å². The maximum atomic E-state index is 13.7. The third-order valence-electron chi connectivity index (χ3n) is 7.78. The van der Waals surface area contributed by atoms with Gasteiger partial charge in [0, 0.05) is 47.5 Å². The summed E-state index contributed by atoms with van der Waals surface area (Å²) in [6.45, 7) is 0.433. The number of hydrogen-bond acceptors (Lipinski definition) is 6. The number of carbonyl (C=O) groups is 1. The fourth-order valence-corrected chi connectivity index (χ4v) is 5.33. The van der Waals surface area contributed by atoms with Gasteiger partial charge < -0.3 is 25.1 Å². The van der Waals surface area contributed by atoms with Crippen molar-refractivity contribution in [2.24, 2.45) is 0 Å². The molecule has 0 spiro atoms. The number of anilines is 2. The summed E-state index contributed by atoms with van der Waals surface area (Å²) in [4.78, 5) is 31.5. The molecule has 234 valence electrons. The minimum absolute atomic E-state index is 0.0390. The van der Waals surface area contributed by atoms with E-state index in [0.717, 1.165) is 22.3 Å². The first-order valence-electron chi connectivity index (χ1n) is 14.8. The Labute approximate surface area is 270 Å². The Kier molecular flexibility index (Phi) is 8.79. The maximum Gasteiger partial charge on any atom is 0.261 e. The van der Waals surface area contributed by atoms with Crippen LogP contribution in [-0.2, 0) is 6.54 Å². The Hall–Kier alpha value is -6.22. The number of nitrogens with two attached hydrogens (primary N) is 1. The molecular weight excluding hydrogens is 595 g/mol. The summed E-state index contributed by atoms with van der Waals surface area (Å²) in [5, 5.41) is 2.85. The Morgan fingerprint density at radius 2 is 1.45 bits per heavy atom. The van der Waals surface area contributed by atoms with E-state index in [9.17, 15) is 14.0 Å². The number of rotatable bonds is 9. The molecular formula is C38H31FN4O4. The van der Waals surface area contributed by atoms with Crippen LogP contribution in [0.5, 0.6) is 11.5 Å². The first-order chi connectivity index (χ1) is 22.8. The van der Waals surface area contributed by atoms with Crippen molar-refractivity contribution in [2.45, 2.75) is 6.54 Å². The molecule has 4 aromatic carbocycles. The van der Waals surface area contributed by atoms with Crippen molar-refractivity contribution in [2.75, 3.05) is 25.3 Å². The summed E-state index contributed by atoms with van der Waals surface area (Å²) in [7, 11) is 3.16. The number of hydrogen-bond donors (Lipinski definition) is 2. The molecule has 0 saturated heterocycles. The van der Waals surface area contributed by atoms with Gasteiger partial charge in [0.2, 0.25) is 5.43 Å². The highest BCUT2D eigenvalue weighted by atomic mass is 19.1. The highest BCUT2D eigenvalue weighted by Gasteiger charge is 2.18. The predicted molar refractivity (Wildman–Crippen MR) is 182 cm³/mol. The van der Waals surface area contributed by atoms with Crippen LogP contribution in [0.15, 0.2) is 127 Å². The summed E-state index contributed by atoms with van der Waals surface area (Å²) in [5.41, 5.74) is 11.3. The van der Waals surface area contributed by atoms with Crippen LogP contribution in [-0.4, -0.2) is 29.7 Å². The number of amides is 1. The van der Waals surface area contributed by atoms with Gasteiger partial charge in [0.25, 0.3) is 5.91 Å². The molecule has 2 heterocycles. The van der Waals surface area contributed by atoms with Gasteiger partial charge >= 0.3 is 0 Å². The summed E-state index contributed by atoms with van der Waals surface area (Å²) in [6, 6.07) is 30.0. The van der Waals surface area contributed by atoms with Gasteiger partial charge in [-0.2, -0.15) is 0 Å². The second-order valence-corrected chi connectivity index (χ2v) is 10.8. The lowest BCUT2D eigenvalue weighted by molar-refractivity contribution is 0.102. The number of pyridine rings is 2. The number of nitrogen functional groups attached to an aromatic ring is 1. The first-order valence-corrected chi connectivity index (χ1v) is 14.8. The van der Waals surface area contributed by atoms with Crippen LogP contribution >= 0.6 is 0 Å². The van der Waals surface area contributed by atoms with E-state index in [1.807, 2.05) is 66.7 Å². The average molecular weight is 627 g/mol. The Balaban J connectivity index is 1.28. The zero-order valence-corrected chi connectivity index (χ0v) is 25.7. The van der Waals surface area contributed by atoms with Gasteiger partial charge in [-0.3, -0.25) is 9.59 Å². The summed E-state index contributed by atoms with van der Waals surface area (Å²) < 4.78 is 26.2. The molecule has 3 N–H and O–H groups in total. The molecule has 0 saturated carbocycles. The van der Waals surface area contributed by atoms with Gasteiger partial charge in [0.15, 0.2) is 11.5 Å². The molecule has 6 rings (SSSR count). The Morgan fingerprint density at radius 3 is 2.15 bits per heavy atom. The van der Waals surface area contributed by atoms with Crippen LogP contribution in [0.25, 0.3) is 33.4 Å². The van der Waals surface area contributed by atoms with Crippen LogP contribution in [0.1, 0.15) is 15.9 Å². The molecule has 0 bridgehead atoms. The van der Waals surface area contributed by atoms with E-state index in [0.29, 0.717) is 46.2 Å². The first kappa shape index (κ1) is 30.8. The molecule has 0 atom stereocenters. The monoisotopic (exact) mass is 626 g/mol. The van der Waals surface area contributed by atoms with Crippen LogP contribution in [0.2, 0.25) is 0 Å². The van der Waals surface area contributed by atoms with Gasteiger partial charge in [-0.15, -0.1) is 0 Å². The van der Waals surface area contributed by atoms with E-state index < -0.39 is 17.2 Å². The molecule has 0 aliphatic rings. The molecule has 8 nitrogen and oxygen atoms in total. The van der Waals surface area contributed by atoms with E-state index in [1.54, 1.807) is 43.3 Å². The number of carbonyl (C=O) groups excluding carboxylic acids is 1. The second kappa shape index (κ2) is 13.4. The van der Waals surface area contributed by atoms with Gasteiger partial charge in [-0.1, -0.05) is 60.7 Å². The van der Waals surface area contributed by atoms with Crippen molar-refractivity contribution in [3.8, 4) is 44.9 Å². The molecule has 9 heteroatoms. The number of nitrogens with one attached hydrogen (secondary N) is 1. The van der Waals surface area contributed by atoms with Crippen LogP contribution < -0.4 is 26.0 Å². The van der Waals surface area contributed by atoms with Crippen LogP contribution in [0.4, 0.5) is 15.9 Å². The summed E-state index contributed by atoms with van der Waals surface area (Å²) in [6.07, 6.45) is 4.92. The zero-order chi connectivity index (χ0) is 32.9. The third-order valence-corrected chi connectivity index (χ3v) is 7.78. The van der Waals surface area contributed by atoms with E-state index in [4.69, 9.17) is 15.2 Å². The minimum atomic E-state index is -0.565. The number of benzene rings is 4. The highest BCUT2D eigenvalue weighted by Crippen LogP contribution is 2.35. The third kappa shape index (κ3) is 6.74. The standard InChI is InChI=1S/C38H31FN4O4/c1-46-34-17-12-27(19-35(34)47-2)28-18-31(37(40)41-20-28)25-10-15-30(16-11-25)42-38(45)33-23-43(21-24-6-4-3-5-7-24)22-32(36(33)44)26-8-13-29(39)14-9-26/h3-20,22-23H,21H2,1-2H3,(H2,40,41)(H,42,45). The maximum absolute atomic E-state index is 13.7. The summed E-state index contributed by atoms with van der Waals surface area (Å²) in [5.74, 6) is 0.585. The SMILES string of the molecule is COc1ccc(-c2cnc(N)c(-c3ccc(NC(=O)c4cn(Cc5ccccc5)cc(-c5ccc(F)cc5)c4=O)cc3)c2)cc1OC. The largest absolute Gasteiger partial charge is 0.493 e. The van der Waals surface area contributed by atoms with Gasteiger partial charge in [0.1, 0.15) is 17.2 Å². The van der Waals surface area contributed by atoms with Crippen LogP contribution in [0, 0.1) is 5.82 Å². The van der Waals surface area contributed by atoms with E-state index >= 15 is 0 Å². The lowest BCUT2D eigenvalue weighted by Crippen LogP contribution is -2.24. The molecule has 0 radical (unpaired) electrons. The summed E-state index contributed by atoms with van der Waals surface area (Å²) >= 11 is 0. The fraction of sp³-hybridized carbons (Fsp3) is 0.0789. The highest BCUT2D eigenvalue weighted by molar-refractivity contribution is 6.04. The number of aromatic nitrogens is 2. The van der Waals surface area contributed by atoms with Crippen molar-refractivity contribution in [3.05, 3.63) is 149 Å². The zero-order valence-electron chi connectivity index (χ0n) is 25.7. The molecule has 47 heavy (non-hydrogen) atoms. The average Bonchev–Trinajstić information content (AvgIpc) is 3.10. The second-order valence-electron chi connectivity index (χ2n) is 10.8. The van der Waals surface area contributed by atoms with E-state index in [1.165, 1.54) is 30.5 Å². The molecule has 0 aliphatic heterocycles. The van der Waals surface area contributed by atoms with Gasteiger partial charge in [-0.05, 0) is 64.7 Å². The molecule has 6 aromatic rings. The molecule has 1 amide bonds. The lowest BCUT2D eigenvalue weighted by Gasteiger charge is -2.14. The number of halogens is 1. The fourth-order valence-electron chi connectivity index (χ4n) is 5.33. The molecule has 0 fully saturated rings. The lowest BCUT2D eigenvalue weighted by atomic mass is 10.0. The van der Waals surface area contributed by atoms with Gasteiger partial charge in [0.05, 0.1) is 14.2 Å². The van der Waals surface area contributed by atoms with Crippen molar-refractivity contribution < 1.29 is 18.7 Å². The van der Waals surface area contributed by atoms with Crippen molar-refractivity contribution in [1.29, 1.82) is 0 Å².